The number of esters is 1. The quantitative estimate of drug-likeness (QED) is 0.585. The summed E-state index contributed by atoms with van der Waals surface area (Å²) in [7, 11) is 0. The molecule has 1 saturated heterocycles. The van der Waals surface area contributed by atoms with E-state index in [1.807, 2.05) is 18.7 Å². The van der Waals surface area contributed by atoms with Gasteiger partial charge >= 0.3 is 5.97 Å². The molecule has 0 spiro atoms. The van der Waals surface area contributed by atoms with Crippen LogP contribution in [0, 0.1) is 5.92 Å². The first kappa shape index (κ1) is 15.2. The molecule has 1 atom stereocenters. The molecule has 0 radical (unpaired) electrons. The van der Waals surface area contributed by atoms with Gasteiger partial charge in [-0.25, -0.2) is 0 Å². The molecule has 0 aromatic heterocycles. The zero-order chi connectivity index (χ0) is 14.6. The van der Waals surface area contributed by atoms with E-state index in [1.54, 1.807) is 0 Å². The number of Topliss-reactive ketones (excluding diaryl/α,β-unsaturated/α-hetero) is 1. The minimum absolute atomic E-state index is 0.168. The predicted molar refractivity (Wildman–Crippen MR) is 77.3 cm³/mol. The third-order valence-corrected chi connectivity index (χ3v) is 4.40. The average molecular weight is 279 g/mol. The smallest absolute Gasteiger partial charge is 0.320 e. The van der Waals surface area contributed by atoms with Crippen molar-refractivity contribution in [1.29, 1.82) is 0 Å². The Hall–Kier alpha value is -1.16. The largest absolute Gasteiger partial charge is 0.458 e. The Kier molecular flexibility index (Phi) is 4.97. The van der Waals surface area contributed by atoms with Crippen molar-refractivity contribution in [3.8, 4) is 0 Å². The molecule has 1 unspecified atom stereocenters. The minimum atomic E-state index is -0.409. The van der Waals surface area contributed by atoms with Gasteiger partial charge in [-0.3, -0.25) is 14.5 Å². The van der Waals surface area contributed by atoms with Crippen LogP contribution in [0.4, 0.5) is 0 Å². The molecule has 2 aliphatic rings. The zero-order valence-corrected chi connectivity index (χ0v) is 12.6. The molecule has 1 aliphatic carbocycles. The average Bonchev–Trinajstić information content (AvgIpc) is 2.42. The van der Waals surface area contributed by atoms with E-state index < -0.39 is 5.60 Å². The number of hydrogen-bond acceptors (Lipinski definition) is 4. The monoisotopic (exact) mass is 279 g/mol. The highest BCUT2D eigenvalue weighted by molar-refractivity contribution is 5.80. The van der Waals surface area contributed by atoms with Gasteiger partial charge in [-0.2, -0.15) is 0 Å². The van der Waals surface area contributed by atoms with Gasteiger partial charge in [0.2, 0.25) is 0 Å². The molecule has 2 rings (SSSR count). The number of nitrogens with zero attached hydrogens (tertiary/aromatic N) is 1. The lowest BCUT2D eigenvalue weighted by Crippen LogP contribution is -2.43. The van der Waals surface area contributed by atoms with Crippen LogP contribution in [-0.2, 0) is 14.3 Å². The molecular weight excluding hydrogens is 254 g/mol. The topological polar surface area (TPSA) is 46.6 Å². The van der Waals surface area contributed by atoms with Crippen LogP contribution >= 0.6 is 0 Å². The number of allylic oxidation sites excluding steroid dienone is 2. The number of rotatable bonds is 4. The fourth-order valence-electron chi connectivity index (χ4n) is 2.98. The molecular formula is C16H25NO3. The van der Waals surface area contributed by atoms with Crippen LogP contribution in [0.5, 0.6) is 0 Å². The van der Waals surface area contributed by atoms with Crippen molar-refractivity contribution in [3.05, 3.63) is 12.2 Å². The summed E-state index contributed by atoms with van der Waals surface area (Å²) >= 11 is 0. The van der Waals surface area contributed by atoms with Crippen molar-refractivity contribution in [2.24, 2.45) is 5.92 Å². The number of carbonyl (C=O) groups is 2. The summed E-state index contributed by atoms with van der Waals surface area (Å²) in [4.78, 5) is 25.3. The van der Waals surface area contributed by atoms with Crippen LogP contribution < -0.4 is 0 Å². The van der Waals surface area contributed by atoms with Crippen molar-refractivity contribution >= 4 is 11.8 Å². The first-order chi connectivity index (χ1) is 9.47. The molecule has 1 aliphatic heterocycles. The van der Waals surface area contributed by atoms with E-state index in [9.17, 15) is 9.59 Å². The molecule has 0 amide bonds. The van der Waals surface area contributed by atoms with E-state index >= 15 is 0 Å². The number of piperidine rings is 1. The Morgan fingerprint density at radius 1 is 1.35 bits per heavy atom. The van der Waals surface area contributed by atoms with Crippen molar-refractivity contribution in [2.45, 2.75) is 51.6 Å². The van der Waals surface area contributed by atoms with Gasteiger partial charge in [0.1, 0.15) is 11.4 Å². The lowest BCUT2D eigenvalue weighted by Gasteiger charge is -2.35. The van der Waals surface area contributed by atoms with Crippen LogP contribution in [0.2, 0.25) is 0 Å². The lowest BCUT2D eigenvalue weighted by molar-refractivity contribution is -0.163. The highest BCUT2D eigenvalue weighted by atomic mass is 16.6. The lowest BCUT2D eigenvalue weighted by atomic mass is 9.81. The van der Waals surface area contributed by atoms with Gasteiger partial charge in [0.25, 0.3) is 0 Å². The van der Waals surface area contributed by atoms with Crippen molar-refractivity contribution in [3.63, 3.8) is 0 Å². The van der Waals surface area contributed by atoms with E-state index in [4.69, 9.17) is 4.74 Å². The maximum Gasteiger partial charge on any atom is 0.320 e. The first-order valence-electron chi connectivity index (χ1n) is 7.58. The molecule has 0 aromatic rings. The summed E-state index contributed by atoms with van der Waals surface area (Å²) in [6.45, 7) is 5.68. The molecule has 0 N–H and O–H groups in total. The van der Waals surface area contributed by atoms with E-state index in [2.05, 4.69) is 12.2 Å². The normalized spacial score (nSPS) is 24.7. The van der Waals surface area contributed by atoms with E-state index in [-0.39, 0.29) is 5.97 Å². The van der Waals surface area contributed by atoms with Crippen LogP contribution in [0.15, 0.2) is 12.2 Å². The van der Waals surface area contributed by atoms with Crippen molar-refractivity contribution < 1.29 is 14.3 Å². The summed E-state index contributed by atoms with van der Waals surface area (Å²) in [6, 6.07) is 0. The number of ketones is 1. The summed E-state index contributed by atoms with van der Waals surface area (Å²) < 4.78 is 5.71. The van der Waals surface area contributed by atoms with Gasteiger partial charge in [0, 0.05) is 31.8 Å². The highest BCUT2D eigenvalue weighted by Crippen LogP contribution is 2.32. The van der Waals surface area contributed by atoms with Crippen LogP contribution in [0.25, 0.3) is 0 Å². The zero-order valence-electron chi connectivity index (χ0n) is 12.6. The van der Waals surface area contributed by atoms with Crippen molar-refractivity contribution in [1.82, 2.24) is 4.90 Å². The fraction of sp³-hybridized carbons (Fsp3) is 0.750. The molecule has 0 saturated carbocycles. The van der Waals surface area contributed by atoms with Gasteiger partial charge in [0.05, 0.1) is 6.54 Å². The van der Waals surface area contributed by atoms with Gasteiger partial charge in [-0.05, 0) is 33.1 Å². The molecule has 4 heteroatoms. The second-order valence-corrected chi connectivity index (χ2v) is 6.37. The summed E-state index contributed by atoms with van der Waals surface area (Å²) in [5, 5.41) is 0. The molecule has 112 valence electrons. The standard InChI is InChI=1S/C16H25NO3/c1-16(2,13-6-4-3-5-7-13)20-15(19)12-17-10-8-14(18)9-11-17/h3-4,13H,5-12H2,1-2H3. The Morgan fingerprint density at radius 3 is 2.65 bits per heavy atom. The second kappa shape index (κ2) is 6.53. The summed E-state index contributed by atoms with van der Waals surface area (Å²) in [5.74, 6) is 0.530. The summed E-state index contributed by atoms with van der Waals surface area (Å²) in [6.07, 6.45) is 8.63. The molecule has 4 nitrogen and oxygen atoms in total. The SMILES string of the molecule is CC(C)(OC(=O)CN1CCC(=O)CC1)C1CC=CCC1. The van der Waals surface area contributed by atoms with Crippen molar-refractivity contribution in [2.75, 3.05) is 19.6 Å². The Bertz CT molecular complexity index is 391. The third kappa shape index (κ3) is 4.17. The second-order valence-electron chi connectivity index (χ2n) is 6.37. The highest BCUT2D eigenvalue weighted by Gasteiger charge is 2.33. The molecule has 20 heavy (non-hydrogen) atoms. The van der Waals surface area contributed by atoms with E-state index in [1.165, 1.54) is 0 Å². The Morgan fingerprint density at radius 2 is 2.05 bits per heavy atom. The minimum Gasteiger partial charge on any atom is -0.458 e. The third-order valence-electron chi connectivity index (χ3n) is 4.40. The van der Waals surface area contributed by atoms with Gasteiger partial charge < -0.3 is 4.74 Å². The first-order valence-corrected chi connectivity index (χ1v) is 7.58. The maximum absolute atomic E-state index is 12.1. The Balaban J connectivity index is 1.80. The Labute approximate surface area is 121 Å². The molecule has 1 fully saturated rings. The van der Waals surface area contributed by atoms with Gasteiger partial charge in [-0.1, -0.05) is 12.2 Å². The van der Waals surface area contributed by atoms with Crippen LogP contribution in [0.1, 0.15) is 46.0 Å². The molecule has 0 aromatic carbocycles. The number of likely N-dealkylation sites (tertiary alicyclic amines) is 1. The predicted octanol–water partition coefficient (Wildman–Crippen LogP) is 2.33. The van der Waals surface area contributed by atoms with Gasteiger partial charge in [0.15, 0.2) is 0 Å². The van der Waals surface area contributed by atoms with E-state index in [0.29, 0.717) is 44.2 Å². The number of hydrogen-bond donors (Lipinski definition) is 0. The fourth-order valence-corrected chi connectivity index (χ4v) is 2.98. The number of ether oxygens (including phenoxy) is 1. The summed E-state index contributed by atoms with van der Waals surface area (Å²) in [5.41, 5.74) is -0.409. The number of carbonyl (C=O) groups excluding carboxylic acids is 2. The molecule has 1 heterocycles. The van der Waals surface area contributed by atoms with Crippen LogP contribution in [-0.4, -0.2) is 41.9 Å². The molecule has 0 bridgehead atoms. The van der Waals surface area contributed by atoms with Crippen LogP contribution in [0.3, 0.4) is 0 Å². The van der Waals surface area contributed by atoms with Gasteiger partial charge in [-0.15, -0.1) is 0 Å². The van der Waals surface area contributed by atoms with E-state index in [0.717, 1.165) is 19.3 Å². The maximum atomic E-state index is 12.1.